The molecule has 4 aromatic rings. The standard InChI is InChI=1S/C27H26FN7O2/c1-17-12-20(4-6-23(17)37-21-13-19(28)14-29-15-21)32-26-25-22(30-16-31-26)5-7-24(33-25)35-11-9-18(27(35)36)8-10-34(2)3/h4-8,12-16H,9-11H2,1-3H3,(H,30,31,32)/b18-8+. The van der Waals surface area contributed by atoms with Crippen molar-refractivity contribution in [3.63, 3.8) is 0 Å². The Morgan fingerprint density at radius 2 is 2.03 bits per heavy atom. The molecular formula is C27H26FN7O2. The summed E-state index contributed by atoms with van der Waals surface area (Å²) in [7, 11) is 3.94. The van der Waals surface area contributed by atoms with Crippen molar-refractivity contribution in [3.05, 3.63) is 78.1 Å². The zero-order valence-corrected chi connectivity index (χ0v) is 20.8. The first-order valence-corrected chi connectivity index (χ1v) is 11.8. The molecule has 0 saturated carbocycles. The Hall–Kier alpha value is -4.44. The smallest absolute Gasteiger partial charge is 0.255 e. The van der Waals surface area contributed by atoms with Crippen LogP contribution in [0.4, 0.5) is 21.7 Å². The zero-order chi connectivity index (χ0) is 25.9. The number of benzene rings is 1. The number of halogens is 1. The summed E-state index contributed by atoms with van der Waals surface area (Å²) in [6.45, 7) is 3.18. The van der Waals surface area contributed by atoms with Gasteiger partial charge in [0.2, 0.25) is 0 Å². The normalized spacial score (nSPS) is 14.7. The maximum Gasteiger partial charge on any atom is 0.255 e. The van der Waals surface area contributed by atoms with E-state index in [1.807, 2.05) is 56.3 Å². The summed E-state index contributed by atoms with van der Waals surface area (Å²) < 4.78 is 19.2. The quantitative estimate of drug-likeness (QED) is 0.368. The first kappa shape index (κ1) is 24.3. The lowest BCUT2D eigenvalue weighted by Crippen LogP contribution is -2.25. The average molecular weight is 500 g/mol. The summed E-state index contributed by atoms with van der Waals surface area (Å²) in [4.78, 5) is 34.0. The molecule has 1 aromatic carbocycles. The largest absolute Gasteiger partial charge is 0.455 e. The van der Waals surface area contributed by atoms with Gasteiger partial charge in [-0.15, -0.1) is 0 Å². The van der Waals surface area contributed by atoms with Gasteiger partial charge in [-0.3, -0.25) is 14.7 Å². The minimum atomic E-state index is -0.465. The van der Waals surface area contributed by atoms with Gasteiger partial charge in [-0.25, -0.2) is 19.3 Å². The van der Waals surface area contributed by atoms with Gasteiger partial charge in [-0.1, -0.05) is 6.08 Å². The Morgan fingerprint density at radius 3 is 2.81 bits per heavy atom. The van der Waals surface area contributed by atoms with Crippen LogP contribution in [0.5, 0.6) is 11.5 Å². The van der Waals surface area contributed by atoms with Crippen LogP contribution in [0.2, 0.25) is 0 Å². The van der Waals surface area contributed by atoms with E-state index in [1.165, 1.54) is 18.6 Å². The molecule has 1 amide bonds. The van der Waals surface area contributed by atoms with Gasteiger partial charge in [0.05, 0.1) is 17.9 Å². The topological polar surface area (TPSA) is 96.4 Å². The molecule has 1 fully saturated rings. The number of nitrogens with one attached hydrogen (secondary N) is 1. The molecule has 5 rings (SSSR count). The monoisotopic (exact) mass is 499 g/mol. The molecule has 1 aliphatic heterocycles. The van der Waals surface area contributed by atoms with Crippen molar-refractivity contribution in [1.82, 2.24) is 24.8 Å². The zero-order valence-electron chi connectivity index (χ0n) is 20.8. The Kier molecular flexibility index (Phi) is 6.74. The fourth-order valence-corrected chi connectivity index (χ4v) is 4.04. The van der Waals surface area contributed by atoms with Gasteiger partial charge in [-0.2, -0.15) is 0 Å². The number of nitrogens with zero attached hydrogens (tertiary/aromatic N) is 6. The van der Waals surface area contributed by atoms with Crippen LogP contribution in [0.3, 0.4) is 0 Å². The lowest BCUT2D eigenvalue weighted by atomic mass is 10.2. The van der Waals surface area contributed by atoms with E-state index >= 15 is 0 Å². The molecule has 37 heavy (non-hydrogen) atoms. The second-order valence-electron chi connectivity index (χ2n) is 9.00. The van der Waals surface area contributed by atoms with Gasteiger partial charge < -0.3 is 15.0 Å². The van der Waals surface area contributed by atoms with Crippen molar-refractivity contribution in [2.24, 2.45) is 0 Å². The highest BCUT2D eigenvalue weighted by Crippen LogP contribution is 2.31. The molecule has 0 spiro atoms. The van der Waals surface area contributed by atoms with Gasteiger partial charge >= 0.3 is 0 Å². The van der Waals surface area contributed by atoms with Crippen molar-refractivity contribution in [2.75, 3.05) is 37.4 Å². The predicted octanol–water partition coefficient (Wildman–Crippen LogP) is 4.63. The maximum atomic E-state index is 13.4. The van der Waals surface area contributed by atoms with Gasteiger partial charge in [0.1, 0.15) is 35.0 Å². The molecule has 1 saturated heterocycles. The fraction of sp³-hybridized carbons (Fsp3) is 0.222. The van der Waals surface area contributed by atoms with E-state index in [-0.39, 0.29) is 5.91 Å². The second-order valence-corrected chi connectivity index (χ2v) is 9.00. The molecule has 10 heteroatoms. The lowest BCUT2D eigenvalue weighted by molar-refractivity contribution is -0.114. The summed E-state index contributed by atoms with van der Waals surface area (Å²) in [5.41, 5.74) is 3.61. The molecule has 0 radical (unpaired) electrons. The third kappa shape index (κ3) is 5.39. The number of aromatic nitrogens is 4. The summed E-state index contributed by atoms with van der Waals surface area (Å²) in [6.07, 6.45) is 6.70. The van der Waals surface area contributed by atoms with Crippen LogP contribution >= 0.6 is 0 Å². The highest BCUT2D eigenvalue weighted by Gasteiger charge is 2.28. The minimum absolute atomic E-state index is 0.0280. The first-order chi connectivity index (χ1) is 17.9. The number of ether oxygens (including phenoxy) is 1. The Labute approximate surface area is 213 Å². The third-order valence-electron chi connectivity index (χ3n) is 5.92. The number of fused-ring (bicyclic) bond motifs is 1. The summed E-state index contributed by atoms with van der Waals surface area (Å²) in [6, 6.07) is 10.4. The van der Waals surface area contributed by atoms with Crippen LogP contribution in [-0.2, 0) is 4.79 Å². The van der Waals surface area contributed by atoms with E-state index in [9.17, 15) is 9.18 Å². The average Bonchev–Trinajstić information content (AvgIpc) is 3.24. The van der Waals surface area contributed by atoms with Gasteiger partial charge in [0.25, 0.3) is 5.91 Å². The molecule has 0 aliphatic carbocycles. The maximum absolute atomic E-state index is 13.4. The molecule has 1 N–H and O–H groups in total. The van der Waals surface area contributed by atoms with Crippen molar-refractivity contribution in [3.8, 4) is 11.5 Å². The lowest BCUT2D eigenvalue weighted by Gasteiger charge is -2.16. The molecule has 0 unspecified atom stereocenters. The number of anilines is 3. The number of pyridine rings is 2. The van der Waals surface area contributed by atoms with Crippen molar-refractivity contribution in [2.45, 2.75) is 13.3 Å². The molecular weight excluding hydrogens is 473 g/mol. The van der Waals surface area contributed by atoms with Gasteiger partial charge in [-0.05, 0) is 63.3 Å². The minimum Gasteiger partial charge on any atom is -0.455 e. The van der Waals surface area contributed by atoms with Crippen LogP contribution in [0.1, 0.15) is 12.0 Å². The van der Waals surface area contributed by atoms with E-state index in [0.29, 0.717) is 53.7 Å². The van der Waals surface area contributed by atoms with Crippen LogP contribution < -0.4 is 15.0 Å². The predicted molar refractivity (Wildman–Crippen MR) is 140 cm³/mol. The van der Waals surface area contributed by atoms with E-state index in [2.05, 4.69) is 20.3 Å². The molecule has 4 heterocycles. The number of carbonyl (C=O) groups excluding carboxylic acids is 1. The van der Waals surface area contributed by atoms with E-state index in [1.54, 1.807) is 11.0 Å². The molecule has 0 bridgehead atoms. The number of hydrogen-bond donors (Lipinski definition) is 1. The Bertz CT molecular complexity index is 1510. The Balaban J connectivity index is 1.38. The molecule has 9 nitrogen and oxygen atoms in total. The number of amides is 1. The van der Waals surface area contributed by atoms with Gasteiger partial charge in [0.15, 0.2) is 5.82 Å². The highest BCUT2D eigenvalue weighted by atomic mass is 19.1. The number of rotatable bonds is 7. The van der Waals surface area contributed by atoms with E-state index in [0.717, 1.165) is 23.0 Å². The highest BCUT2D eigenvalue weighted by molar-refractivity contribution is 6.08. The molecule has 3 aromatic heterocycles. The summed E-state index contributed by atoms with van der Waals surface area (Å²) in [5.74, 6) is 1.48. The third-order valence-corrected chi connectivity index (χ3v) is 5.92. The number of carbonyl (C=O) groups is 1. The number of aryl methyl sites for hydroxylation is 1. The van der Waals surface area contributed by atoms with E-state index < -0.39 is 5.82 Å². The van der Waals surface area contributed by atoms with Crippen molar-refractivity contribution in [1.29, 1.82) is 0 Å². The fourth-order valence-electron chi connectivity index (χ4n) is 4.04. The molecule has 188 valence electrons. The molecule has 0 atom stereocenters. The van der Waals surface area contributed by atoms with Crippen LogP contribution in [0.15, 0.2) is 66.8 Å². The SMILES string of the molecule is Cc1cc(Nc2ncnc3ccc(N4CC/C(=C\CN(C)C)C4=O)nc23)ccc1Oc1cncc(F)c1. The first-order valence-electron chi connectivity index (χ1n) is 11.8. The number of likely N-dealkylation sites (N-methyl/N-ethyl adjacent to an activating group) is 1. The van der Waals surface area contributed by atoms with Crippen molar-refractivity contribution >= 4 is 34.3 Å². The van der Waals surface area contributed by atoms with Crippen LogP contribution in [0.25, 0.3) is 11.0 Å². The van der Waals surface area contributed by atoms with E-state index in [4.69, 9.17) is 9.72 Å². The van der Waals surface area contributed by atoms with Crippen LogP contribution in [-0.4, -0.2) is 57.9 Å². The second kappa shape index (κ2) is 10.3. The Morgan fingerprint density at radius 1 is 1.16 bits per heavy atom. The summed E-state index contributed by atoms with van der Waals surface area (Å²) >= 11 is 0. The van der Waals surface area contributed by atoms with Gasteiger partial charge in [0, 0.05) is 30.4 Å². The van der Waals surface area contributed by atoms with Crippen LogP contribution in [0, 0.1) is 12.7 Å². The molecule has 1 aliphatic rings. The van der Waals surface area contributed by atoms with Crippen molar-refractivity contribution < 1.29 is 13.9 Å². The number of hydrogen-bond acceptors (Lipinski definition) is 8. The summed E-state index contributed by atoms with van der Waals surface area (Å²) in [5, 5.41) is 3.30.